The number of carbonyl (C=O) groups excluding carboxylic acids is 1. The monoisotopic (exact) mass is 299 g/mol. The van der Waals surface area contributed by atoms with Crippen molar-refractivity contribution in [1.82, 2.24) is 0 Å². The molecule has 2 aliphatic rings. The van der Waals surface area contributed by atoms with Crippen LogP contribution in [0.1, 0.15) is 49.4 Å². The number of benzene rings is 1. The molecule has 0 aliphatic heterocycles. The van der Waals surface area contributed by atoms with E-state index < -0.39 is 0 Å². The van der Waals surface area contributed by atoms with Crippen molar-refractivity contribution in [2.75, 3.05) is 7.11 Å². The Balaban J connectivity index is 1.62. The van der Waals surface area contributed by atoms with Gasteiger partial charge in [0.1, 0.15) is 0 Å². The van der Waals surface area contributed by atoms with Crippen LogP contribution in [0.2, 0.25) is 0 Å². The van der Waals surface area contributed by atoms with Crippen LogP contribution in [0.15, 0.2) is 29.3 Å². The first-order valence-corrected chi connectivity index (χ1v) is 8.39. The van der Waals surface area contributed by atoms with E-state index in [1.165, 1.54) is 39.2 Å². The zero-order chi connectivity index (χ0) is 15.5. The molecule has 118 valence electrons. The van der Waals surface area contributed by atoms with Crippen LogP contribution in [0.4, 0.5) is 5.69 Å². The standard InChI is InChI=1S/C19H25NO2/c1-13(9-16-11-14-7-8-15(16)10-14)12-20-18-6-4-3-5-17(18)19(21)22-2/h3-6,12-16H,7-11H2,1-2H3. The number of ether oxygens (including phenoxy) is 1. The van der Waals surface area contributed by atoms with Crippen LogP contribution >= 0.6 is 0 Å². The first-order chi connectivity index (χ1) is 10.7. The van der Waals surface area contributed by atoms with E-state index >= 15 is 0 Å². The summed E-state index contributed by atoms with van der Waals surface area (Å²) >= 11 is 0. The molecule has 3 nitrogen and oxygen atoms in total. The fourth-order valence-corrected chi connectivity index (χ4v) is 4.28. The van der Waals surface area contributed by atoms with Gasteiger partial charge in [0.2, 0.25) is 0 Å². The summed E-state index contributed by atoms with van der Waals surface area (Å²) in [5.41, 5.74) is 1.24. The molecule has 0 amide bonds. The smallest absolute Gasteiger partial charge is 0.340 e. The molecular formula is C19H25NO2. The Morgan fingerprint density at radius 3 is 2.86 bits per heavy atom. The summed E-state index contributed by atoms with van der Waals surface area (Å²) in [5.74, 6) is 2.97. The van der Waals surface area contributed by atoms with Gasteiger partial charge in [0.15, 0.2) is 0 Å². The van der Waals surface area contributed by atoms with E-state index in [2.05, 4.69) is 11.9 Å². The summed E-state index contributed by atoms with van der Waals surface area (Å²) in [5, 5.41) is 0. The Hall–Kier alpha value is -1.64. The minimum absolute atomic E-state index is 0.325. The lowest BCUT2D eigenvalue weighted by molar-refractivity contribution is 0.0601. The highest BCUT2D eigenvalue weighted by molar-refractivity contribution is 5.95. The van der Waals surface area contributed by atoms with Gasteiger partial charge in [-0.05, 0) is 61.5 Å². The lowest BCUT2D eigenvalue weighted by Gasteiger charge is -2.23. The summed E-state index contributed by atoms with van der Waals surface area (Å²) in [7, 11) is 1.40. The molecule has 0 N–H and O–H groups in total. The second-order valence-corrected chi connectivity index (χ2v) is 6.93. The number of hydrogen-bond donors (Lipinski definition) is 0. The summed E-state index contributed by atoms with van der Waals surface area (Å²) < 4.78 is 4.81. The van der Waals surface area contributed by atoms with Crippen molar-refractivity contribution in [3.8, 4) is 0 Å². The SMILES string of the molecule is COC(=O)c1ccccc1N=CC(C)CC1CC2CCC1C2. The van der Waals surface area contributed by atoms with E-state index in [1.54, 1.807) is 6.07 Å². The third kappa shape index (κ3) is 3.23. The molecule has 0 saturated heterocycles. The first kappa shape index (κ1) is 15.3. The molecule has 0 aromatic heterocycles. The van der Waals surface area contributed by atoms with Gasteiger partial charge in [-0.15, -0.1) is 0 Å². The minimum atomic E-state index is -0.325. The van der Waals surface area contributed by atoms with Crippen LogP contribution in [-0.4, -0.2) is 19.3 Å². The molecule has 1 aromatic carbocycles. The van der Waals surface area contributed by atoms with Crippen molar-refractivity contribution in [1.29, 1.82) is 0 Å². The van der Waals surface area contributed by atoms with Gasteiger partial charge in [-0.25, -0.2) is 4.79 Å². The Labute approximate surface area is 132 Å². The van der Waals surface area contributed by atoms with Gasteiger partial charge in [0.25, 0.3) is 0 Å². The molecular weight excluding hydrogens is 274 g/mol. The van der Waals surface area contributed by atoms with Crippen LogP contribution in [0.5, 0.6) is 0 Å². The molecule has 4 atom stereocenters. The Kier molecular flexibility index (Phi) is 4.60. The van der Waals surface area contributed by atoms with Crippen LogP contribution in [0, 0.1) is 23.7 Å². The highest BCUT2D eigenvalue weighted by atomic mass is 16.5. The molecule has 0 radical (unpaired) electrons. The van der Waals surface area contributed by atoms with E-state index in [9.17, 15) is 4.79 Å². The molecule has 1 aromatic rings. The lowest BCUT2D eigenvalue weighted by Crippen LogP contribution is -2.14. The maximum atomic E-state index is 11.7. The topological polar surface area (TPSA) is 38.7 Å². The fraction of sp³-hybridized carbons (Fsp3) is 0.579. The largest absolute Gasteiger partial charge is 0.465 e. The molecule has 4 unspecified atom stereocenters. The first-order valence-electron chi connectivity index (χ1n) is 8.39. The second kappa shape index (κ2) is 6.64. The number of rotatable bonds is 5. The number of carbonyl (C=O) groups is 1. The van der Waals surface area contributed by atoms with Crippen LogP contribution < -0.4 is 0 Å². The van der Waals surface area contributed by atoms with Crippen molar-refractivity contribution in [3.05, 3.63) is 29.8 Å². The summed E-state index contributed by atoms with van der Waals surface area (Å²) in [6, 6.07) is 7.37. The van der Waals surface area contributed by atoms with Crippen LogP contribution in [0.3, 0.4) is 0 Å². The Morgan fingerprint density at radius 1 is 1.36 bits per heavy atom. The third-order valence-electron chi connectivity index (χ3n) is 5.34. The fourth-order valence-electron chi connectivity index (χ4n) is 4.28. The third-order valence-corrected chi connectivity index (χ3v) is 5.34. The number of nitrogens with zero attached hydrogens (tertiary/aromatic N) is 1. The van der Waals surface area contributed by atoms with Crippen LogP contribution in [-0.2, 0) is 4.74 Å². The van der Waals surface area contributed by atoms with Gasteiger partial charge in [-0.3, -0.25) is 4.99 Å². The summed E-state index contributed by atoms with van der Waals surface area (Å²) in [6.45, 7) is 2.23. The molecule has 3 rings (SSSR count). The van der Waals surface area contributed by atoms with E-state index in [-0.39, 0.29) is 5.97 Å². The van der Waals surface area contributed by atoms with Crippen molar-refractivity contribution < 1.29 is 9.53 Å². The van der Waals surface area contributed by atoms with Gasteiger partial charge in [0, 0.05) is 6.21 Å². The van der Waals surface area contributed by atoms with Crippen molar-refractivity contribution in [3.63, 3.8) is 0 Å². The predicted octanol–water partition coefficient (Wildman–Crippen LogP) is 4.64. The van der Waals surface area contributed by atoms with Gasteiger partial charge in [-0.2, -0.15) is 0 Å². The van der Waals surface area contributed by atoms with Gasteiger partial charge in [0.05, 0.1) is 18.4 Å². The zero-order valence-corrected chi connectivity index (χ0v) is 13.5. The van der Waals surface area contributed by atoms with E-state index in [4.69, 9.17) is 4.74 Å². The van der Waals surface area contributed by atoms with Crippen molar-refractivity contribution >= 4 is 17.9 Å². The maximum absolute atomic E-state index is 11.7. The molecule has 3 heteroatoms. The second-order valence-electron chi connectivity index (χ2n) is 6.93. The van der Waals surface area contributed by atoms with E-state index in [0.717, 1.165) is 17.8 Å². The highest BCUT2D eigenvalue weighted by Crippen LogP contribution is 2.50. The molecule has 22 heavy (non-hydrogen) atoms. The number of esters is 1. The van der Waals surface area contributed by atoms with Crippen molar-refractivity contribution in [2.24, 2.45) is 28.7 Å². The highest BCUT2D eigenvalue weighted by Gasteiger charge is 2.39. The minimum Gasteiger partial charge on any atom is -0.465 e. The van der Waals surface area contributed by atoms with Crippen LogP contribution in [0.25, 0.3) is 0 Å². The van der Waals surface area contributed by atoms with E-state index in [0.29, 0.717) is 17.2 Å². The molecule has 2 bridgehead atoms. The normalized spacial score (nSPS) is 28.2. The summed E-state index contributed by atoms with van der Waals surface area (Å²) in [4.78, 5) is 16.3. The Bertz CT molecular complexity index is 566. The number of methoxy groups -OCH3 is 1. The predicted molar refractivity (Wildman–Crippen MR) is 88.7 cm³/mol. The average molecular weight is 299 g/mol. The van der Waals surface area contributed by atoms with Gasteiger partial charge in [-0.1, -0.05) is 25.5 Å². The number of hydrogen-bond acceptors (Lipinski definition) is 3. The van der Waals surface area contributed by atoms with Gasteiger partial charge < -0.3 is 4.74 Å². The number of fused-ring (bicyclic) bond motifs is 2. The lowest BCUT2D eigenvalue weighted by atomic mass is 9.83. The Morgan fingerprint density at radius 2 is 2.18 bits per heavy atom. The molecule has 2 saturated carbocycles. The quantitative estimate of drug-likeness (QED) is 0.587. The van der Waals surface area contributed by atoms with E-state index in [1.807, 2.05) is 24.4 Å². The summed E-state index contributed by atoms with van der Waals surface area (Å²) in [6.07, 6.45) is 9.00. The maximum Gasteiger partial charge on any atom is 0.340 e. The molecule has 0 heterocycles. The average Bonchev–Trinajstić information content (AvgIpc) is 3.15. The molecule has 0 spiro atoms. The molecule has 2 aliphatic carbocycles. The molecule has 2 fully saturated rings. The van der Waals surface area contributed by atoms with Crippen molar-refractivity contribution in [2.45, 2.75) is 39.0 Å². The number of aliphatic imine (C=N–C) groups is 1. The zero-order valence-electron chi connectivity index (χ0n) is 13.5. The number of para-hydroxylation sites is 1. The van der Waals surface area contributed by atoms with Gasteiger partial charge >= 0.3 is 5.97 Å².